The third-order valence-corrected chi connectivity index (χ3v) is 8.67. The summed E-state index contributed by atoms with van der Waals surface area (Å²) in [5.41, 5.74) is 0. The molecular formula is C43H76O6. The lowest BCUT2D eigenvalue weighted by Gasteiger charge is -2.12. The highest BCUT2D eigenvalue weighted by molar-refractivity contribution is 5.69. The molecule has 6 heteroatoms. The van der Waals surface area contributed by atoms with E-state index < -0.39 is 6.10 Å². The van der Waals surface area contributed by atoms with E-state index in [0.29, 0.717) is 12.8 Å². The summed E-state index contributed by atoms with van der Waals surface area (Å²) < 4.78 is 10.3. The van der Waals surface area contributed by atoms with Crippen molar-refractivity contribution in [3.63, 3.8) is 0 Å². The van der Waals surface area contributed by atoms with Crippen LogP contribution in [0.5, 0.6) is 0 Å². The Kier molecular flexibility index (Phi) is 36.9. The summed E-state index contributed by atoms with van der Waals surface area (Å²) in [4.78, 5) is 23.9. The minimum Gasteiger partial charge on any atom is -0.463 e. The molecule has 0 aromatic rings. The minimum absolute atomic E-state index is 0.143. The second kappa shape index (κ2) is 38.6. The summed E-state index contributed by atoms with van der Waals surface area (Å²) >= 11 is 0. The number of hydrogen-bond acceptors (Lipinski definition) is 6. The molecule has 0 amide bonds. The molecule has 49 heavy (non-hydrogen) atoms. The van der Waals surface area contributed by atoms with Gasteiger partial charge >= 0.3 is 11.9 Å². The Labute approximate surface area is 301 Å². The zero-order valence-corrected chi connectivity index (χ0v) is 31.8. The van der Waals surface area contributed by atoms with Gasteiger partial charge < -0.3 is 19.7 Å². The molecule has 0 aliphatic heterocycles. The fraction of sp³-hybridized carbons (Fsp3) is 0.767. The Balaban J connectivity index is 3.55. The fourth-order valence-corrected chi connectivity index (χ4v) is 5.54. The van der Waals surface area contributed by atoms with Gasteiger partial charge in [0.05, 0.1) is 6.10 Å². The lowest BCUT2D eigenvalue weighted by Crippen LogP contribution is -2.25. The topological polar surface area (TPSA) is 93.1 Å². The number of ether oxygens (including phenoxy) is 2. The molecule has 2 atom stereocenters. The number of rotatable bonds is 36. The van der Waals surface area contributed by atoms with E-state index >= 15 is 0 Å². The van der Waals surface area contributed by atoms with Gasteiger partial charge in [-0.15, -0.1) is 0 Å². The average Bonchev–Trinajstić information content (AvgIpc) is 3.09. The maximum Gasteiger partial charge on any atom is 0.305 e. The number of allylic oxidation sites excluding steroid dienone is 7. The molecule has 6 nitrogen and oxygen atoms in total. The minimum atomic E-state index is -0.997. The van der Waals surface area contributed by atoms with Crippen LogP contribution in [-0.4, -0.2) is 47.6 Å². The Morgan fingerprint density at radius 3 is 1.47 bits per heavy atom. The molecule has 0 spiro atoms. The first-order valence-corrected chi connectivity index (χ1v) is 20.3. The van der Waals surface area contributed by atoms with Gasteiger partial charge in [-0.25, -0.2) is 0 Å². The van der Waals surface area contributed by atoms with Gasteiger partial charge in [-0.1, -0.05) is 184 Å². The Bertz CT molecular complexity index is 845. The second-order valence-corrected chi connectivity index (χ2v) is 13.6. The number of hydrogen-bond donors (Lipinski definition) is 2. The van der Waals surface area contributed by atoms with E-state index in [0.717, 1.165) is 57.8 Å². The van der Waals surface area contributed by atoms with Gasteiger partial charge in [0.25, 0.3) is 0 Å². The zero-order valence-electron chi connectivity index (χ0n) is 31.8. The van der Waals surface area contributed by atoms with E-state index in [1.165, 1.54) is 96.3 Å². The van der Waals surface area contributed by atoms with Gasteiger partial charge in [0, 0.05) is 12.8 Å². The Hall–Kier alpha value is -2.18. The predicted octanol–water partition coefficient (Wildman–Crippen LogP) is 11.6. The monoisotopic (exact) mass is 689 g/mol. The molecule has 284 valence electrons. The molecule has 0 aliphatic carbocycles. The molecule has 0 aromatic carbocycles. The molecule has 0 aromatic heterocycles. The van der Waals surface area contributed by atoms with Gasteiger partial charge in [0.2, 0.25) is 0 Å². The lowest BCUT2D eigenvalue weighted by molar-refractivity contribution is -0.152. The van der Waals surface area contributed by atoms with Gasteiger partial charge in [-0.05, 0) is 38.5 Å². The standard InChI is InChI=1S/C43H76O6/c1-3-5-7-8-9-10-11-12-13-14-15-16-19-22-25-28-32-36-42(46)48-38-41(45)39-49-43(47)37-33-29-26-23-20-17-18-21-24-27-31-35-40(44)34-30-6-4-2/h17-18,23-24,26-27,31,35,40-41,44-45H,3-16,19-22,25,28-30,32-34,36-39H2,1-2H3/b18-17-,26-23-,27-24-,35-31+/t40-,41+/m1/s1. The summed E-state index contributed by atoms with van der Waals surface area (Å²) in [6.45, 7) is 4.13. The fourth-order valence-electron chi connectivity index (χ4n) is 5.54. The van der Waals surface area contributed by atoms with Crippen LogP contribution >= 0.6 is 0 Å². The second-order valence-electron chi connectivity index (χ2n) is 13.6. The summed E-state index contributed by atoms with van der Waals surface area (Å²) in [5.74, 6) is -0.651. The van der Waals surface area contributed by atoms with Crippen molar-refractivity contribution >= 4 is 11.9 Å². The van der Waals surface area contributed by atoms with Gasteiger partial charge in [0.15, 0.2) is 0 Å². The molecule has 0 heterocycles. The van der Waals surface area contributed by atoms with E-state index in [1.807, 2.05) is 18.2 Å². The van der Waals surface area contributed by atoms with Crippen molar-refractivity contribution in [2.45, 2.75) is 199 Å². The molecule has 0 saturated heterocycles. The Morgan fingerprint density at radius 2 is 0.939 bits per heavy atom. The number of aliphatic hydroxyl groups is 2. The first-order valence-electron chi connectivity index (χ1n) is 20.3. The summed E-state index contributed by atoms with van der Waals surface area (Å²) in [6, 6.07) is 0. The van der Waals surface area contributed by atoms with Crippen LogP contribution in [0.1, 0.15) is 187 Å². The van der Waals surface area contributed by atoms with Crippen LogP contribution in [0.15, 0.2) is 48.6 Å². The van der Waals surface area contributed by atoms with Crippen LogP contribution < -0.4 is 0 Å². The molecule has 0 unspecified atom stereocenters. The van der Waals surface area contributed by atoms with Crippen LogP contribution in [0.4, 0.5) is 0 Å². The smallest absolute Gasteiger partial charge is 0.305 e. The summed E-state index contributed by atoms with van der Waals surface area (Å²) in [5, 5.41) is 19.9. The molecule has 0 aliphatic rings. The van der Waals surface area contributed by atoms with Crippen molar-refractivity contribution in [1.29, 1.82) is 0 Å². The third-order valence-electron chi connectivity index (χ3n) is 8.67. The average molecular weight is 689 g/mol. The molecule has 0 fully saturated rings. The number of unbranched alkanes of at least 4 members (excludes halogenated alkanes) is 19. The molecule has 0 rings (SSSR count). The summed E-state index contributed by atoms with van der Waals surface area (Å²) in [7, 11) is 0. The van der Waals surface area contributed by atoms with Crippen molar-refractivity contribution in [3.8, 4) is 0 Å². The van der Waals surface area contributed by atoms with E-state index in [2.05, 4.69) is 44.2 Å². The number of carbonyl (C=O) groups is 2. The van der Waals surface area contributed by atoms with Gasteiger partial charge in [-0.3, -0.25) is 9.59 Å². The maximum atomic E-state index is 12.0. The number of aliphatic hydroxyl groups excluding tert-OH is 2. The molecule has 0 saturated carbocycles. The van der Waals surface area contributed by atoms with Gasteiger partial charge in [0.1, 0.15) is 19.3 Å². The quantitative estimate of drug-likeness (QED) is 0.0294. The van der Waals surface area contributed by atoms with E-state index in [9.17, 15) is 19.8 Å². The zero-order chi connectivity index (χ0) is 35.9. The van der Waals surface area contributed by atoms with Crippen LogP contribution in [-0.2, 0) is 19.1 Å². The summed E-state index contributed by atoms with van der Waals surface area (Å²) in [6.07, 6.45) is 45.0. The van der Waals surface area contributed by atoms with Crippen LogP contribution in [0.2, 0.25) is 0 Å². The van der Waals surface area contributed by atoms with Crippen molar-refractivity contribution in [2.75, 3.05) is 13.2 Å². The van der Waals surface area contributed by atoms with E-state index in [1.54, 1.807) is 0 Å². The van der Waals surface area contributed by atoms with Crippen LogP contribution in [0, 0.1) is 0 Å². The first-order chi connectivity index (χ1) is 24.0. The van der Waals surface area contributed by atoms with Crippen molar-refractivity contribution in [3.05, 3.63) is 48.6 Å². The van der Waals surface area contributed by atoms with Crippen LogP contribution in [0.3, 0.4) is 0 Å². The highest BCUT2D eigenvalue weighted by Gasteiger charge is 2.12. The first kappa shape index (κ1) is 46.8. The normalized spacial score (nSPS) is 13.3. The van der Waals surface area contributed by atoms with E-state index in [4.69, 9.17) is 9.47 Å². The lowest BCUT2D eigenvalue weighted by atomic mass is 10.0. The van der Waals surface area contributed by atoms with Crippen LogP contribution in [0.25, 0.3) is 0 Å². The molecule has 0 bridgehead atoms. The molecule has 0 radical (unpaired) electrons. The third kappa shape index (κ3) is 38.5. The SMILES string of the molecule is CCCCCCCCCCCCCCCCCCCC(=O)OC[C@H](O)COC(=O)CCC/C=C\C/C=C\C/C=C\C=C\[C@H](O)CCCCC. The molecule has 2 N–H and O–H groups in total. The highest BCUT2D eigenvalue weighted by Crippen LogP contribution is 2.14. The van der Waals surface area contributed by atoms with Crippen molar-refractivity contribution in [2.24, 2.45) is 0 Å². The van der Waals surface area contributed by atoms with Crippen molar-refractivity contribution < 1.29 is 29.3 Å². The number of esters is 2. The van der Waals surface area contributed by atoms with E-state index in [-0.39, 0.29) is 37.7 Å². The predicted molar refractivity (Wildman–Crippen MR) is 206 cm³/mol. The van der Waals surface area contributed by atoms with Crippen molar-refractivity contribution in [1.82, 2.24) is 0 Å². The van der Waals surface area contributed by atoms with Gasteiger partial charge in [-0.2, -0.15) is 0 Å². The Morgan fingerprint density at radius 1 is 0.510 bits per heavy atom. The molecular weight excluding hydrogens is 612 g/mol. The highest BCUT2D eigenvalue weighted by atomic mass is 16.6. The number of carbonyl (C=O) groups excluding carboxylic acids is 2. The largest absolute Gasteiger partial charge is 0.463 e. The maximum absolute atomic E-state index is 12.0.